The molecule has 2 rings (SSSR count). The molecule has 0 fully saturated rings. The van der Waals surface area contributed by atoms with Gasteiger partial charge in [0.15, 0.2) is 0 Å². The zero-order valence-corrected chi connectivity index (χ0v) is 14.3. The van der Waals surface area contributed by atoms with Crippen molar-refractivity contribution in [3.8, 4) is 5.75 Å². The third-order valence-electron chi connectivity index (χ3n) is 3.28. The summed E-state index contributed by atoms with van der Waals surface area (Å²) in [7, 11) is 1.62. The largest absolute Gasteiger partial charge is 0.496 e. The fraction of sp³-hybridized carbons (Fsp3) is 0.211. The Balaban J connectivity index is 1.70. The highest BCUT2D eigenvalue weighted by Crippen LogP contribution is 2.23. The summed E-state index contributed by atoms with van der Waals surface area (Å²) >= 11 is 5.98. The van der Waals surface area contributed by atoms with Crippen molar-refractivity contribution in [3.63, 3.8) is 0 Å². The van der Waals surface area contributed by atoms with Crippen LogP contribution in [0.1, 0.15) is 17.5 Å². The van der Waals surface area contributed by atoms with Gasteiger partial charge in [0.05, 0.1) is 7.11 Å². The van der Waals surface area contributed by atoms with Gasteiger partial charge in [0.25, 0.3) is 0 Å². The average Bonchev–Trinajstić information content (AvgIpc) is 2.61. The number of ether oxygens (including phenoxy) is 2. The summed E-state index contributed by atoms with van der Waals surface area (Å²) in [6, 6.07) is 15.0. The molecule has 0 saturated heterocycles. The third-order valence-corrected chi connectivity index (χ3v) is 3.52. The van der Waals surface area contributed by atoms with Crippen LogP contribution >= 0.6 is 11.6 Å². The number of halogens is 1. The van der Waals surface area contributed by atoms with Gasteiger partial charge in [-0.3, -0.25) is 0 Å². The Morgan fingerprint density at radius 3 is 2.75 bits per heavy atom. The third kappa shape index (κ3) is 5.97. The van der Waals surface area contributed by atoms with Gasteiger partial charge in [-0.15, -0.1) is 0 Å². The molecule has 0 aliphatic carbocycles. The van der Waals surface area contributed by atoms with Crippen molar-refractivity contribution in [2.75, 3.05) is 13.7 Å². The van der Waals surface area contributed by atoms with E-state index >= 15 is 0 Å². The van der Waals surface area contributed by atoms with Gasteiger partial charge >= 0.3 is 6.09 Å². The molecular formula is C19H20ClNO3. The summed E-state index contributed by atoms with van der Waals surface area (Å²) in [6.07, 6.45) is 4.12. The van der Waals surface area contributed by atoms with Crippen LogP contribution in [-0.2, 0) is 11.3 Å². The second kappa shape index (κ2) is 9.63. The molecule has 0 aliphatic rings. The summed E-state index contributed by atoms with van der Waals surface area (Å²) in [5, 5.41) is 3.36. The Morgan fingerprint density at radius 2 is 2.00 bits per heavy atom. The molecule has 0 radical (unpaired) electrons. The Labute approximate surface area is 147 Å². The van der Waals surface area contributed by atoms with Crippen molar-refractivity contribution in [1.29, 1.82) is 0 Å². The second-order valence-electron chi connectivity index (χ2n) is 5.07. The van der Waals surface area contributed by atoms with Crippen molar-refractivity contribution in [2.45, 2.75) is 13.0 Å². The summed E-state index contributed by atoms with van der Waals surface area (Å²) in [5.41, 5.74) is 1.86. The van der Waals surface area contributed by atoms with Crippen molar-refractivity contribution in [1.82, 2.24) is 5.32 Å². The van der Waals surface area contributed by atoms with E-state index in [2.05, 4.69) is 5.32 Å². The number of nitrogens with one attached hydrogen (secondary N) is 1. The van der Waals surface area contributed by atoms with Crippen LogP contribution < -0.4 is 10.1 Å². The number of hydrogen-bond donors (Lipinski definition) is 1. The molecule has 2 aromatic carbocycles. The highest BCUT2D eigenvalue weighted by Gasteiger charge is 2.02. The van der Waals surface area contributed by atoms with Crippen molar-refractivity contribution in [2.24, 2.45) is 0 Å². The van der Waals surface area contributed by atoms with Crippen molar-refractivity contribution >= 4 is 23.8 Å². The Morgan fingerprint density at radius 1 is 1.21 bits per heavy atom. The average molecular weight is 346 g/mol. The predicted molar refractivity (Wildman–Crippen MR) is 96.3 cm³/mol. The van der Waals surface area contributed by atoms with Gasteiger partial charge in [-0.25, -0.2) is 4.79 Å². The number of rotatable bonds is 7. The van der Waals surface area contributed by atoms with Gasteiger partial charge < -0.3 is 14.8 Å². The van der Waals surface area contributed by atoms with E-state index in [1.807, 2.05) is 54.6 Å². The first-order chi connectivity index (χ1) is 11.7. The number of carbonyl (C=O) groups excluding carboxylic acids is 1. The van der Waals surface area contributed by atoms with Crippen molar-refractivity contribution < 1.29 is 14.3 Å². The molecule has 0 saturated carbocycles. The number of benzene rings is 2. The Kier molecular flexibility index (Phi) is 7.18. The van der Waals surface area contributed by atoms with Crippen LogP contribution in [0.3, 0.4) is 0 Å². The van der Waals surface area contributed by atoms with Crippen LogP contribution in [0.4, 0.5) is 4.79 Å². The molecule has 24 heavy (non-hydrogen) atoms. The van der Waals surface area contributed by atoms with Crippen molar-refractivity contribution in [3.05, 3.63) is 70.8 Å². The number of hydrogen-bond acceptors (Lipinski definition) is 3. The lowest BCUT2D eigenvalue weighted by Gasteiger charge is -2.06. The lowest BCUT2D eigenvalue weighted by atomic mass is 10.1. The topological polar surface area (TPSA) is 47.6 Å². The van der Waals surface area contributed by atoms with Crippen LogP contribution in [0, 0.1) is 0 Å². The Bertz CT molecular complexity index is 686. The molecular weight excluding hydrogens is 326 g/mol. The van der Waals surface area contributed by atoms with Crippen LogP contribution in [0.5, 0.6) is 5.75 Å². The van der Waals surface area contributed by atoms with Crippen LogP contribution in [0.25, 0.3) is 6.08 Å². The number of methoxy groups -OCH3 is 1. The lowest BCUT2D eigenvalue weighted by Crippen LogP contribution is -2.24. The number of amides is 1. The van der Waals surface area contributed by atoms with E-state index in [4.69, 9.17) is 21.1 Å². The zero-order chi connectivity index (χ0) is 17.2. The molecule has 0 spiro atoms. The molecule has 0 atom stereocenters. The maximum atomic E-state index is 11.6. The van der Waals surface area contributed by atoms with E-state index in [0.717, 1.165) is 16.9 Å². The molecule has 0 aliphatic heterocycles. The van der Waals surface area contributed by atoms with Crippen LogP contribution in [-0.4, -0.2) is 19.7 Å². The van der Waals surface area contributed by atoms with Gasteiger partial charge in [0.1, 0.15) is 12.4 Å². The van der Waals surface area contributed by atoms with Gasteiger partial charge in [-0.05, 0) is 30.2 Å². The first kappa shape index (κ1) is 17.9. The quantitative estimate of drug-likeness (QED) is 0.741. The van der Waals surface area contributed by atoms with Crippen LogP contribution in [0.2, 0.25) is 5.02 Å². The number of carbonyl (C=O) groups is 1. The summed E-state index contributed by atoms with van der Waals surface area (Å²) in [5.74, 6) is 0.755. The van der Waals surface area contributed by atoms with Crippen LogP contribution in [0.15, 0.2) is 54.6 Å². The molecule has 2 aromatic rings. The first-order valence-electron chi connectivity index (χ1n) is 7.63. The Hall–Kier alpha value is -2.46. The van der Waals surface area contributed by atoms with E-state index in [-0.39, 0.29) is 6.61 Å². The van der Waals surface area contributed by atoms with E-state index < -0.39 is 6.09 Å². The van der Waals surface area contributed by atoms with Gasteiger partial charge in [-0.2, -0.15) is 0 Å². The van der Waals surface area contributed by atoms with Gasteiger partial charge in [0.2, 0.25) is 0 Å². The minimum atomic E-state index is -0.424. The monoisotopic (exact) mass is 345 g/mol. The van der Waals surface area contributed by atoms with Gasteiger partial charge in [0, 0.05) is 17.1 Å². The SMILES string of the molecule is COc1ccc(Cl)cc1C=CCCNC(=O)OCc1ccccc1. The molecule has 0 unspecified atom stereocenters. The highest BCUT2D eigenvalue weighted by molar-refractivity contribution is 6.30. The van der Waals surface area contributed by atoms with E-state index in [9.17, 15) is 4.79 Å². The summed E-state index contributed by atoms with van der Waals surface area (Å²) in [4.78, 5) is 11.6. The van der Waals surface area contributed by atoms with E-state index in [1.165, 1.54) is 0 Å². The maximum absolute atomic E-state index is 11.6. The minimum absolute atomic E-state index is 0.266. The predicted octanol–water partition coefficient (Wildman–Crippen LogP) is 4.68. The molecule has 0 heterocycles. The molecule has 0 aromatic heterocycles. The standard InChI is InChI=1S/C19H20ClNO3/c1-23-18-11-10-17(20)13-16(18)9-5-6-12-21-19(22)24-14-15-7-3-2-4-8-15/h2-5,7-11,13H,6,12,14H2,1H3,(H,21,22). The molecule has 5 heteroatoms. The fourth-order valence-electron chi connectivity index (χ4n) is 2.08. The molecule has 1 amide bonds. The molecule has 1 N–H and O–H groups in total. The minimum Gasteiger partial charge on any atom is -0.496 e. The maximum Gasteiger partial charge on any atom is 0.407 e. The smallest absolute Gasteiger partial charge is 0.407 e. The normalized spacial score (nSPS) is 10.6. The van der Waals surface area contributed by atoms with E-state index in [1.54, 1.807) is 13.2 Å². The van der Waals surface area contributed by atoms with Gasteiger partial charge in [-0.1, -0.05) is 54.1 Å². The number of alkyl carbamates (subject to hydrolysis) is 1. The zero-order valence-electron chi connectivity index (χ0n) is 13.5. The van der Waals surface area contributed by atoms with E-state index in [0.29, 0.717) is 18.0 Å². The summed E-state index contributed by atoms with van der Waals surface area (Å²) < 4.78 is 10.4. The first-order valence-corrected chi connectivity index (χ1v) is 8.01. The molecule has 126 valence electrons. The summed E-state index contributed by atoms with van der Waals surface area (Å²) in [6.45, 7) is 0.759. The lowest BCUT2D eigenvalue weighted by molar-refractivity contribution is 0.140. The molecule has 4 nitrogen and oxygen atoms in total. The molecule has 0 bridgehead atoms. The fourth-order valence-corrected chi connectivity index (χ4v) is 2.26. The second-order valence-corrected chi connectivity index (χ2v) is 5.50. The highest BCUT2D eigenvalue weighted by atomic mass is 35.5.